The number of likely N-dealkylation sites (N-methyl/N-ethyl adjacent to an activating group) is 1. The number of rotatable bonds is 5. The first kappa shape index (κ1) is 16.5. The van der Waals surface area contributed by atoms with Gasteiger partial charge in [-0.05, 0) is 35.1 Å². The van der Waals surface area contributed by atoms with E-state index in [0.717, 1.165) is 47.7 Å². The zero-order chi connectivity index (χ0) is 15.4. The molecule has 1 saturated heterocycles. The zero-order valence-corrected chi connectivity index (χ0v) is 14.5. The van der Waals surface area contributed by atoms with Crippen LogP contribution in [-0.2, 0) is 6.54 Å². The predicted molar refractivity (Wildman–Crippen MR) is 88.0 cm³/mol. The normalized spacial score (nSPS) is 20.5. The van der Waals surface area contributed by atoms with Crippen LogP contribution in [0.2, 0.25) is 0 Å². The quantitative estimate of drug-likeness (QED) is 0.866. The van der Waals surface area contributed by atoms with Gasteiger partial charge in [0.1, 0.15) is 11.5 Å². The molecule has 6 heteroatoms. The van der Waals surface area contributed by atoms with Crippen LogP contribution < -0.4 is 15.2 Å². The number of nitrogens with two attached hydrogens (primary N) is 1. The van der Waals surface area contributed by atoms with E-state index in [4.69, 9.17) is 15.2 Å². The number of piperazine rings is 1. The van der Waals surface area contributed by atoms with Gasteiger partial charge in [0.2, 0.25) is 0 Å². The first-order valence-corrected chi connectivity index (χ1v) is 7.91. The van der Waals surface area contributed by atoms with Gasteiger partial charge in [-0.3, -0.25) is 4.90 Å². The summed E-state index contributed by atoms with van der Waals surface area (Å²) in [6.45, 7) is 4.57. The lowest BCUT2D eigenvalue weighted by atomic mass is 10.1. The lowest BCUT2D eigenvalue weighted by molar-refractivity contribution is 0.0873. The fourth-order valence-corrected chi connectivity index (χ4v) is 3.23. The van der Waals surface area contributed by atoms with Gasteiger partial charge in [-0.2, -0.15) is 0 Å². The van der Waals surface area contributed by atoms with Crippen molar-refractivity contribution in [2.24, 2.45) is 5.73 Å². The van der Waals surface area contributed by atoms with E-state index in [-0.39, 0.29) is 0 Å². The summed E-state index contributed by atoms with van der Waals surface area (Å²) in [5.41, 5.74) is 7.05. The third kappa shape index (κ3) is 3.88. The van der Waals surface area contributed by atoms with Crippen molar-refractivity contribution in [3.05, 3.63) is 22.2 Å². The molecular weight excluding hydrogens is 334 g/mol. The molecule has 5 nitrogen and oxygen atoms in total. The van der Waals surface area contributed by atoms with E-state index in [2.05, 4.69) is 32.8 Å². The van der Waals surface area contributed by atoms with E-state index in [9.17, 15) is 0 Å². The summed E-state index contributed by atoms with van der Waals surface area (Å²) in [6, 6.07) is 4.37. The van der Waals surface area contributed by atoms with Gasteiger partial charge < -0.3 is 20.1 Å². The average molecular weight is 358 g/mol. The van der Waals surface area contributed by atoms with Crippen molar-refractivity contribution in [1.29, 1.82) is 0 Å². The zero-order valence-electron chi connectivity index (χ0n) is 12.9. The Hall–Kier alpha value is -0.820. The Balaban J connectivity index is 2.21. The Morgan fingerprint density at radius 1 is 1.24 bits per heavy atom. The second kappa shape index (κ2) is 7.45. The van der Waals surface area contributed by atoms with Crippen LogP contribution in [0.4, 0.5) is 0 Å². The minimum absolute atomic E-state index is 0.378. The number of benzene rings is 1. The molecule has 1 aliphatic heterocycles. The summed E-state index contributed by atoms with van der Waals surface area (Å²) >= 11 is 3.50. The minimum Gasteiger partial charge on any atom is -0.496 e. The molecular formula is C15H24BrN3O2. The Bertz CT molecular complexity index is 484. The largest absolute Gasteiger partial charge is 0.496 e. The van der Waals surface area contributed by atoms with E-state index in [0.29, 0.717) is 12.6 Å². The number of ether oxygens (including phenoxy) is 2. The monoisotopic (exact) mass is 357 g/mol. The maximum Gasteiger partial charge on any atom is 0.133 e. The highest BCUT2D eigenvalue weighted by molar-refractivity contribution is 9.10. The molecule has 0 aromatic heterocycles. The van der Waals surface area contributed by atoms with Crippen LogP contribution in [0, 0.1) is 0 Å². The van der Waals surface area contributed by atoms with Crippen molar-refractivity contribution in [2.75, 3.05) is 47.4 Å². The highest BCUT2D eigenvalue weighted by atomic mass is 79.9. The van der Waals surface area contributed by atoms with Crippen molar-refractivity contribution in [1.82, 2.24) is 9.80 Å². The van der Waals surface area contributed by atoms with Crippen molar-refractivity contribution >= 4 is 15.9 Å². The molecule has 1 aliphatic rings. The Morgan fingerprint density at radius 2 is 1.95 bits per heavy atom. The second-order valence-corrected chi connectivity index (χ2v) is 6.28. The van der Waals surface area contributed by atoms with Crippen LogP contribution in [-0.4, -0.2) is 63.3 Å². The van der Waals surface area contributed by atoms with E-state index in [1.165, 1.54) is 0 Å². The van der Waals surface area contributed by atoms with Crippen LogP contribution in [0.3, 0.4) is 0 Å². The molecule has 0 spiro atoms. The first-order valence-electron chi connectivity index (χ1n) is 7.12. The van der Waals surface area contributed by atoms with Crippen molar-refractivity contribution in [3.63, 3.8) is 0 Å². The van der Waals surface area contributed by atoms with Gasteiger partial charge in [0.05, 0.1) is 18.7 Å². The molecule has 0 radical (unpaired) electrons. The summed E-state index contributed by atoms with van der Waals surface area (Å²) in [7, 11) is 5.51. The lowest BCUT2D eigenvalue weighted by Crippen LogP contribution is -2.54. The molecule has 21 heavy (non-hydrogen) atoms. The summed E-state index contributed by atoms with van der Waals surface area (Å²) in [5.74, 6) is 1.70. The van der Waals surface area contributed by atoms with E-state index in [1.54, 1.807) is 14.2 Å². The Labute approximate surface area is 135 Å². The molecule has 1 unspecified atom stereocenters. The molecule has 1 atom stereocenters. The van der Waals surface area contributed by atoms with E-state index >= 15 is 0 Å². The second-order valence-electron chi connectivity index (χ2n) is 5.42. The third-order valence-electron chi connectivity index (χ3n) is 4.01. The predicted octanol–water partition coefficient (Wildman–Crippen LogP) is 1.54. The van der Waals surface area contributed by atoms with Crippen molar-refractivity contribution < 1.29 is 9.47 Å². The molecule has 1 aromatic carbocycles. The van der Waals surface area contributed by atoms with Crippen LogP contribution in [0.5, 0.6) is 11.5 Å². The first-order chi connectivity index (χ1) is 10.1. The Morgan fingerprint density at radius 3 is 2.57 bits per heavy atom. The standard InChI is InChI=1S/C15H24BrN3O2/c1-18-4-5-19(12(8-17)10-18)9-11-6-15(21-3)13(16)7-14(11)20-2/h6-7,12H,4-5,8-10,17H2,1-3H3. The highest BCUT2D eigenvalue weighted by Crippen LogP contribution is 2.33. The fourth-order valence-electron chi connectivity index (χ4n) is 2.75. The van der Waals surface area contributed by atoms with Crippen LogP contribution in [0.1, 0.15) is 5.56 Å². The summed E-state index contributed by atoms with van der Waals surface area (Å²) in [6.07, 6.45) is 0. The van der Waals surface area contributed by atoms with Gasteiger partial charge in [-0.25, -0.2) is 0 Å². The molecule has 118 valence electrons. The SMILES string of the molecule is COc1cc(CN2CCN(C)CC2CN)c(OC)cc1Br. The van der Waals surface area contributed by atoms with Crippen molar-refractivity contribution in [3.8, 4) is 11.5 Å². The van der Waals surface area contributed by atoms with E-state index < -0.39 is 0 Å². The van der Waals surface area contributed by atoms with Gasteiger partial charge in [0.15, 0.2) is 0 Å². The molecule has 1 fully saturated rings. The van der Waals surface area contributed by atoms with Gasteiger partial charge in [-0.1, -0.05) is 0 Å². The Kier molecular flexibility index (Phi) is 5.87. The highest BCUT2D eigenvalue weighted by Gasteiger charge is 2.25. The molecule has 0 aliphatic carbocycles. The summed E-state index contributed by atoms with van der Waals surface area (Å²) < 4.78 is 11.8. The summed E-state index contributed by atoms with van der Waals surface area (Å²) in [4.78, 5) is 4.75. The van der Waals surface area contributed by atoms with E-state index in [1.807, 2.05) is 12.1 Å². The lowest BCUT2D eigenvalue weighted by Gasteiger charge is -2.39. The molecule has 0 amide bonds. The van der Waals surface area contributed by atoms with Crippen LogP contribution >= 0.6 is 15.9 Å². The fraction of sp³-hybridized carbons (Fsp3) is 0.600. The van der Waals surface area contributed by atoms with Crippen molar-refractivity contribution in [2.45, 2.75) is 12.6 Å². The number of methoxy groups -OCH3 is 2. The number of hydrogen-bond acceptors (Lipinski definition) is 5. The average Bonchev–Trinajstić information content (AvgIpc) is 2.50. The maximum atomic E-state index is 5.93. The topological polar surface area (TPSA) is 51.0 Å². The number of halogens is 1. The molecule has 1 aromatic rings. The van der Waals surface area contributed by atoms with Gasteiger partial charge >= 0.3 is 0 Å². The number of nitrogens with zero attached hydrogens (tertiary/aromatic N) is 2. The molecule has 2 N–H and O–H groups in total. The number of hydrogen-bond donors (Lipinski definition) is 1. The minimum atomic E-state index is 0.378. The molecule has 0 bridgehead atoms. The van der Waals surface area contributed by atoms with Gasteiger partial charge in [0, 0.05) is 44.3 Å². The van der Waals surface area contributed by atoms with Gasteiger partial charge in [-0.15, -0.1) is 0 Å². The smallest absolute Gasteiger partial charge is 0.133 e. The molecule has 0 saturated carbocycles. The van der Waals surface area contributed by atoms with Crippen LogP contribution in [0.25, 0.3) is 0 Å². The maximum absolute atomic E-state index is 5.93. The third-order valence-corrected chi connectivity index (χ3v) is 4.63. The van der Waals surface area contributed by atoms with Crippen LogP contribution in [0.15, 0.2) is 16.6 Å². The molecule has 1 heterocycles. The van der Waals surface area contributed by atoms with Gasteiger partial charge in [0.25, 0.3) is 0 Å². The molecule has 2 rings (SSSR count). The summed E-state index contributed by atoms with van der Waals surface area (Å²) in [5, 5.41) is 0.